The second-order valence-electron chi connectivity index (χ2n) is 3.14. The highest BCUT2D eigenvalue weighted by Crippen LogP contribution is 2.30. The Kier molecular flexibility index (Phi) is 1.47. The second kappa shape index (κ2) is 2.77. The standard InChI is InChI=1S/C10H8N4/c1-2-13-10-4-8-7(3-9(10)12-1)5-11-6-14-8/h1,3-6,13H,2H2. The van der Waals surface area contributed by atoms with E-state index in [0.29, 0.717) is 0 Å². The highest BCUT2D eigenvalue weighted by molar-refractivity contribution is 5.91. The summed E-state index contributed by atoms with van der Waals surface area (Å²) < 4.78 is 0. The predicted octanol–water partition coefficient (Wildman–Crippen LogP) is 1.76. The summed E-state index contributed by atoms with van der Waals surface area (Å²) in [6.07, 6.45) is 5.21. The summed E-state index contributed by atoms with van der Waals surface area (Å²) in [5.41, 5.74) is 2.94. The number of hydrogen-bond donors (Lipinski definition) is 1. The SMILES string of the molecule is C1=Nc2cc3cncnc3cc2NC1. The van der Waals surface area contributed by atoms with Crippen LogP contribution in [-0.4, -0.2) is 22.7 Å². The molecule has 14 heavy (non-hydrogen) atoms. The highest BCUT2D eigenvalue weighted by Gasteiger charge is 2.06. The second-order valence-corrected chi connectivity index (χ2v) is 3.14. The van der Waals surface area contributed by atoms with Gasteiger partial charge in [-0.15, -0.1) is 0 Å². The van der Waals surface area contributed by atoms with Crippen molar-refractivity contribution < 1.29 is 0 Å². The minimum Gasteiger partial charge on any atom is -0.378 e. The maximum absolute atomic E-state index is 4.30. The molecule has 68 valence electrons. The Morgan fingerprint density at radius 3 is 3.29 bits per heavy atom. The van der Waals surface area contributed by atoms with Crippen LogP contribution in [0.15, 0.2) is 29.6 Å². The summed E-state index contributed by atoms with van der Waals surface area (Å²) >= 11 is 0. The average molecular weight is 184 g/mol. The zero-order chi connectivity index (χ0) is 9.38. The Hall–Kier alpha value is -1.97. The molecule has 4 heteroatoms. The molecule has 1 aliphatic heterocycles. The van der Waals surface area contributed by atoms with Gasteiger partial charge < -0.3 is 5.32 Å². The maximum Gasteiger partial charge on any atom is 0.116 e. The molecule has 0 atom stereocenters. The van der Waals surface area contributed by atoms with Crippen LogP contribution in [0.1, 0.15) is 0 Å². The Morgan fingerprint density at radius 1 is 1.29 bits per heavy atom. The predicted molar refractivity (Wildman–Crippen MR) is 56.2 cm³/mol. The third kappa shape index (κ3) is 1.04. The summed E-state index contributed by atoms with van der Waals surface area (Å²) in [6.45, 7) is 0.781. The van der Waals surface area contributed by atoms with Crippen molar-refractivity contribution in [1.82, 2.24) is 9.97 Å². The first-order chi connectivity index (χ1) is 6.93. The molecule has 4 nitrogen and oxygen atoms in total. The molecule has 0 unspecified atom stereocenters. The lowest BCUT2D eigenvalue weighted by Gasteiger charge is -2.12. The van der Waals surface area contributed by atoms with Crippen molar-refractivity contribution >= 4 is 28.5 Å². The fraction of sp³-hybridized carbons (Fsp3) is 0.100. The van der Waals surface area contributed by atoms with Gasteiger partial charge in [-0.2, -0.15) is 0 Å². The monoisotopic (exact) mass is 184 g/mol. The molecular formula is C10H8N4. The van der Waals surface area contributed by atoms with Crippen molar-refractivity contribution in [2.45, 2.75) is 0 Å². The number of aliphatic imine (C=N–C) groups is 1. The number of aromatic nitrogens is 2. The summed E-state index contributed by atoms with van der Waals surface area (Å²) in [6, 6.07) is 4.00. The molecule has 1 N–H and O–H groups in total. The van der Waals surface area contributed by atoms with E-state index >= 15 is 0 Å². The fourth-order valence-corrected chi connectivity index (χ4v) is 1.57. The number of fused-ring (bicyclic) bond motifs is 2. The zero-order valence-corrected chi connectivity index (χ0v) is 7.44. The summed E-state index contributed by atoms with van der Waals surface area (Å²) in [5.74, 6) is 0. The van der Waals surface area contributed by atoms with Gasteiger partial charge in [-0.25, -0.2) is 9.97 Å². The van der Waals surface area contributed by atoms with Crippen molar-refractivity contribution in [2.75, 3.05) is 11.9 Å². The Bertz CT molecular complexity index is 519. The normalized spacial score (nSPS) is 13.7. The smallest absolute Gasteiger partial charge is 0.116 e. The van der Waals surface area contributed by atoms with Gasteiger partial charge in [0.2, 0.25) is 0 Å². The largest absolute Gasteiger partial charge is 0.378 e. The van der Waals surface area contributed by atoms with Gasteiger partial charge in [0.1, 0.15) is 6.33 Å². The molecule has 0 bridgehead atoms. The van der Waals surface area contributed by atoms with Crippen LogP contribution in [0.25, 0.3) is 10.9 Å². The molecule has 0 amide bonds. The molecule has 1 aliphatic rings. The third-order valence-corrected chi connectivity index (χ3v) is 2.24. The molecule has 0 saturated carbocycles. The van der Waals surface area contributed by atoms with E-state index in [9.17, 15) is 0 Å². The van der Waals surface area contributed by atoms with Gasteiger partial charge in [0, 0.05) is 17.8 Å². The van der Waals surface area contributed by atoms with Crippen LogP contribution in [-0.2, 0) is 0 Å². The van der Waals surface area contributed by atoms with Gasteiger partial charge in [0.15, 0.2) is 0 Å². The van der Waals surface area contributed by atoms with Gasteiger partial charge in [-0.3, -0.25) is 4.99 Å². The van der Waals surface area contributed by atoms with Gasteiger partial charge in [0.25, 0.3) is 0 Å². The molecule has 0 spiro atoms. The third-order valence-electron chi connectivity index (χ3n) is 2.24. The van der Waals surface area contributed by atoms with Crippen molar-refractivity contribution in [3.05, 3.63) is 24.7 Å². The Morgan fingerprint density at radius 2 is 2.29 bits per heavy atom. The Labute approximate surface area is 80.7 Å². The number of nitrogens with one attached hydrogen (secondary N) is 1. The lowest BCUT2D eigenvalue weighted by molar-refractivity contribution is 1.22. The van der Waals surface area contributed by atoms with E-state index in [1.165, 1.54) is 0 Å². The van der Waals surface area contributed by atoms with Gasteiger partial charge in [0.05, 0.1) is 23.4 Å². The molecule has 0 fully saturated rings. The van der Waals surface area contributed by atoms with Crippen LogP contribution in [0.3, 0.4) is 0 Å². The molecule has 0 aliphatic carbocycles. The van der Waals surface area contributed by atoms with Crippen LogP contribution in [0.2, 0.25) is 0 Å². The van der Waals surface area contributed by atoms with Crippen molar-refractivity contribution in [1.29, 1.82) is 0 Å². The molecule has 3 rings (SSSR count). The van der Waals surface area contributed by atoms with Crippen LogP contribution in [0, 0.1) is 0 Å². The number of benzene rings is 1. The molecule has 0 saturated heterocycles. The average Bonchev–Trinajstić information content (AvgIpc) is 2.26. The first-order valence-electron chi connectivity index (χ1n) is 4.44. The molecule has 2 heterocycles. The molecule has 2 aromatic rings. The molecular weight excluding hydrogens is 176 g/mol. The van der Waals surface area contributed by atoms with Crippen LogP contribution >= 0.6 is 0 Å². The topological polar surface area (TPSA) is 50.2 Å². The number of nitrogens with zero attached hydrogens (tertiary/aromatic N) is 3. The van der Waals surface area contributed by atoms with Crippen LogP contribution in [0.4, 0.5) is 11.4 Å². The van der Waals surface area contributed by atoms with E-state index < -0.39 is 0 Å². The quantitative estimate of drug-likeness (QED) is 0.678. The summed E-state index contributed by atoms with van der Waals surface area (Å²) in [7, 11) is 0. The summed E-state index contributed by atoms with van der Waals surface area (Å²) in [5, 5.41) is 4.27. The number of anilines is 1. The minimum atomic E-state index is 0.781. The minimum absolute atomic E-state index is 0.781. The van der Waals surface area contributed by atoms with E-state index in [-0.39, 0.29) is 0 Å². The molecule has 1 aromatic heterocycles. The highest BCUT2D eigenvalue weighted by atomic mass is 15.0. The number of rotatable bonds is 0. The van der Waals surface area contributed by atoms with Crippen molar-refractivity contribution in [2.24, 2.45) is 4.99 Å². The van der Waals surface area contributed by atoms with Crippen molar-refractivity contribution in [3.8, 4) is 0 Å². The van der Waals surface area contributed by atoms with E-state index in [2.05, 4.69) is 20.3 Å². The lowest BCUT2D eigenvalue weighted by atomic mass is 10.2. The molecule has 0 radical (unpaired) electrons. The lowest BCUT2D eigenvalue weighted by Crippen LogP contribution is -2.06. The van der Waals surface area contributed by atoms with Crippen molar-refractivity contribution in [3.63, 3.8) is 0 Å². The van der Waals surface area contributed by atoms with E-state index in [1.807, 2.05) is 18.3 Å². The number of hydrogen-bond acceptors (Lipinski definition) is 4. The van der Waals surface area contributed by atoms with E-state index in [0.717, 1.165) is 28.8 Å². The van der Waals surface area contributed by atoms with Crippen LogP contribution in [0.5, 0.6) is 0 Å². The van der Waals surface area contributed by atoms with E-state index in [1.54, 1.807) is 12.5 Å². The molecule has 1 aromatic carbocycles. The van der Waals surface area contributed by atoms with Gasteiger partial charge >= 0.3 is 0 Å². The van der Waals surface area contributed by atoms with Crippen LogP contribution < -0.4 is 5.32 Å². The fourth-order valence-electron chi connectivity index (χ4n) is 1.57. The zero-order valence-electron chi connectivity index (χ0n) is 7.44. The first-order valence-corrected chi connectivity index (χ1v) is 4.44. The Balaban J connectivity index is 2.34. The van der Waals surface area contributed by atoms with E-state index in [4.69, 9.17) is 0 Å². The maximum atomic E-state index is 4.30. The van der Waals surface area contributed by atoms with Gasteiger partial charge in [-0.1, -0.05) is 0 Å². The first kappa shape index (κ1) is 7.44. The van der Waals surface area contributed by atoms with Gasteiger partial charge in [-0.05, 0) is 12.1 Å². The summed E-state index contributed by atoms with van der Waals surface area (Å²) in [4.78, 5) is 12.5.